The third-order valence-electron chi connectivity index (χ3n) is 3.54. The molecule has 3 heteroatoms. The fourth-order valence-corrected chi connectivity index (χ4v) is 2.62. The molecule has 0 bridgehead atoms. The van der Waals surface area contributed by atoms with Gasteiger partial charge in [0.05, 0.1) is 6.61 Å². The maximum absolute atomic E-state index is 5.58. The molecule has 0 aliphatic heterocycles. The Hall–Kier alpha value is -0.120. The Bertz CT molecular complexity index is 171. The second kappa shape index (κ2) is 5.10. The summed E-state index contributed by atoms with van der Waals surface area (Å²) in [7, 11) is 0. The van der Waals surface area contributed by atoms with Crippen LogP contribution in [-0.2, 0) is 4.74 Å². The van der Waals surface area contributed by atoms with Crippen LogP contribution in [0.25, 0.3) is 0 Å². The second-order valence-electron chi connectivity index (χ2n) is 4.92. The molecular formula is C11H24N2O. The van der Waals surface area contributed by atoms with Crippen LogP contribution in [0.4, 0.5) is 0 Å². The van der Waals surface area contributed by atoms with Gasteiger partial charge in [-0.3, -0.25) is 11.3 Å². The maximum atomic E-state index is 5.58. The molecule has 0 aromatic rings. The topological polar surface area (TPSA) is 47.3 Å². The van der Waals surface area contributed by atoms with Crippen LogP contribution in [0.5, 0.6) is 0 Å². The zero-order valence-electron chi connectivity index (χ0n) is 9.68. The molecule has 2 unspecified atom stereocenters. The first kappa shape index (κ1) is 12.0. The molecule has 0 aromatic heterocycles. The number of hydrazine groups is 1. The fourth-order valence-electron chi connectivity index (χ4n) is 2.62. The third-order valence-corrected chi connectivity index (χ3v) is 3.54. The van der Waals surface area contributed by atoms with Crippen molar-refractivity contribution in [3.63, 3.8) is 0 Å². The lowest BCUT2D eigenvalue weighted by Crippen LogP contribution is -2.47. The van der Waals surface area contributed by atoms with E-state index >= 15 is 0 Å². The summed E-state index contributed by atoms with van der Waals surface area (Å²) in [6.45, 7) is 8.20. The molecule has 14 heavy (non-hydrogen) atoms. The fraction of sp³-hybridized carbons (Fsp3) is 1.00. The summed E-state index contributed by atoms with van der Waals surface area (Å²) in [6, 6.07) is 0.312. The Kier molecular flexibility index (Phi) is 4.35. The van der Waals surface area contributed by atoms with Gasteiger partial charge in [0.1, 0.15) is 0 Å². The lowest BCUT2D eigenvalue weighted by Gasteiger charge is -2.33. The summed E-state index contributed by atoms with van der Waals surface area (Å²) in [5.41, 5.74) is 3.32. The van der Waals surface area contributed by atoms with Crippen LogP contribution in [0.2, 0.25) is 0 Å². The molecule has 1 fully saturated rings. The Balaban J connectivity index is 2.50. The van der Waals surface area contributed by atoms with E-state index in [2.05, 4.69) is 19.3 Å². The van der Waals surface area contributed by atoms with Crippen molar-refractivity contribution in [3.8, 4) is 0 Å². The number of hydrogen-bond donors (Lipinski definition) is 2. The highest BCUT2D eigenvalue weighted by atomic mass is 16.5. The van der Waals surface area contributed by atoms with E-state index in [1.165, 1.54) is 19.3 Å². The standard InChI is InChI=1S/C11H24N2O/c1-4-14-8-10(13-12)9-6-5-7-11(9,2)3/h9-10,13H,4-8,12H2,1-3H3. The van der Waals surface area contributed by atoms with Gasteiger partial charge in [-0.05, 0) is 31.1 Å². The Morgan fingerprint density at radius 2 is 2.29 bits per heavy atom. The highest BCUT2D eigenvalue weighted by Gasteiger charge is 2.39. The molecule has 2 atom stereocenters. The van der Waals surface area contributed by atoms with Crippen LogP contribution in [0.3, 0.4) is 0 Å². The normalized spacial score (nSPS) is 27.9. The van der Waals surface area contributed by atoms with E-state index < -0.39 is 0 Å². The molecule has 3 nitrogen and oxygen atoms in total. The summed E-state index contributed by atoms with van der Waals surface area (Å²) >= 11 is 0. The third kappa shape index (κ3) is 2.69. The average Bonchev–Trinajstić information content (AvgIpc) is 2.48. The number of nitrogens with one attached hydrogen (secondary N) is 1. The molecule has 0 spiro atoms. The summed E-state index contributed by atoms with van der Waals surface area (Å²) in [5.74, 6) is 6.24. The van der Waals surface area contributed by atoms with Gasteiger partial charge in [-0.15, -0.1) is 0 Å². The van der Waals surface area contributed by atoms with E-state index in [-0.39, 0.29) is 0 Å². The minimum absolute atomic E-state index is 0.312. The van der Waals surface area contributed by atoms with Gasteiger partial charge in [-0.25, -0.2) is 0 Å². The quantitative estimate of drug-likeness (QED) is 0.524. The van der Waals surface area contributed by atoms with Gasteiger partial charge in [0.2, 0.25) is 0 Å². The van der Waals surface area contributed by atoms with Crippen molar-refractivity contribution >= 4 is 0 Å². The van der Waals surface area contributed by atoms with Gasteiger partial charge < -0.3 is 4.74 Å². The van der Waals surface area contributed by atoms with Crippen molar-refractivity contribution < 1.29 is 4.74 Å². The average molecular weight is 200 g/mol. The molecule has 1 rings (SSSR count). The molecule has 0 heterocycles. The lowest BCUT2D eigenvalue weighted by atomic mass is 9.78. The highest BCUT2D eigenvalue weighted by molar-refractivity contribution is 4.91. The van der Waals surface area contributed by atoms with Gasteiger partial charge >= 0.3 is 0 Å². The van der Waals surface area contributed by atoms with Crippen molar-refractivity contribution in [3.05, 3.63) is 0 Å². The number of rotatable bonds is 5. The van der Waals surface area contributed by atoms with Crippen LogP contribution in [0.15, 0.2) is 0 Å². The van der Waals surface area contributed by atoms with Gasteiger partial charge in [-0.1, -0.05) is 20.3 Å². The van der Waals surface area contributed by atoms with Gasteiger partial charge in [0.25, 0.3) is 0 Å². The summed E-state index contributed by atoms with van der Waals surface area (Å²) < 4.78 is 5.45. The molecule has 3 N–H and O–H groups in total. The van der Waals surface area contributed by atoms with E-state index in [1.54, 1.807) is 0 Å². The first-order valence-electron chi connectivity index (χ1n) is 5.65. The van der Waals surface area contributed by atoms with Crippen molar-refractivity contribution in [1.82, 2.24) is 5.43 Å². The highest BCUT2D eigenvalue weighted by Crippen LogP contribution is 2.44. The van der Waals surface area contributed by atoms with Crippen molar-refractivity contribution in [1.29, 1.82) is 0 Å². The molecule has 0 saturated heterocycles. The Labute approximate surface area is 87.4 Å². The zero-order chi connectivity index (χ0) is 10.6. The van der Waals surface area contributed by atoms with E-state index in [9.17, 15) is 0 Å². The van der Waals surface area contributed by atoms with Crippen molar-refractivity contribution in [2.45, 2.75) is 46.1 Å². The van der Waals surface area contributed by atoms with Crippen molar-refractivity contribution in [2.75, 3.05) is 13.2 Å². The number of ether oxygens (including phenoxy) is 1. The minimum Gasteiger partial charge on any atom is -0.380 e. The van der Waals surface area contributed by atoms with E-state index in [4.69, 9.17) is 10.6 Å². The summed E-state index contributed by atoms with van der Waals surface area (Å²) in [5, 5.41) is 0. The van der Waals surface area contributed by atoms with Crippen LogP contribution in [-0.4, -0.2) is 19.3 Å². The maximum Gasteiger partial charge on any atom is 0.0635 e. The first-order chi connectivity index (χ1) is 6.61. The first-order valence-corrected chi connectivity index (χ1v) is 5.65. The minimum atomic E-state index is 0.312. The molecule has 84 valence electrons. The van der Waals surface area contributed by atoms with E-state index in [0.29, 0.717) is 17.4 Å². The smallest absolute Gasteiger partial charge is 0.0635 e. The predicted molar refractivity (Wildman–Crippen MR) is 58.7 cm³/mol. The number of nitrogens with two attached hydrogens (primary N) is 1. The molecule has 0 radical (unpaired) electrons. The number of hydrogen-bond acceptors (Lipinski definition) is 3. The van der Waals surface area contributed by atoms with E-state index in [0.717, 1.165) is 13.2 Å². The summed E-state index contributed by atoms with van der Waals surface area (Å²) in [6.07, 6.45) is 3.90. The monoisotopic (exact) mass is 200 g/mol. The predicted octanol–water partition coefficient (Wildman–Crippen LogP) is 1.68. The lowest BCUT2D eigenvalue weighted by molar-refractivity contribution is 0.0770. The SMILES string of the molecule is CCOCC(NN)C1CCCC1(C)C. The zero-order valence-corrected chi connectivity index (χ0v) is 9.68. The molecule has 1 aliphatic rings. The van der Waals surface area contributed by atoms with Crippen LogP contribution < -0.4 is 11.3 Å². The van der Waals surface area contributed by atoms with Gasteiger partial charge in [0.15, 0.2) is 0 Å². The Morgan fingerprint density at radius 3 is 2.71 bits per heavy atom. The molecule has 0 aromatic carbocycles. The Morgan fingerprint density at radius 1 is 1.57 bits per heavy atom. The molecule has 0 amide bonds. The van der Waals surface area contributed by atoms with Gasteiger partial charge in [-0.2, -0.15) is 0 Å². The molecule has 1 aliphatic carbocycles. The summed E-state index contributed by atoms with van der Waals surface area (Å²) in [4.78, 5) is 0. The van der Waals surface area contributed by atoms with Gasteiger partial charge in [0, 0.05) is 12.6 Å². The van der Waals surface area contributed by atoms with Crippen LogP contribution in [0.1, 0.15) is 40.0 Å². The van der Waals surface area contributed by atoms with Crippen LogP contribution >= 0.6 is 0 Å². The van der Waals surface area contributed by atoms with Crippen LogP contribution in [0, 0.1) is 11.3 Å². The largest absolute Gasteiger partial charge is 0.380 e. The van der Waals surface area contributed by atoms with Crippen molar-refractivity contribution in [2.24, 2.45) is 17.2 Å². The molecular weight excluding hydrogens is 176 g/mol. The van der Waals surface area contributed by atoms with E-state index in [1.807, 2.05) is 6.92 Å². The molecule has 1 saturated carbocycles. The second-order valence-corrected chi connectivity index (χ2v) is 4.92.